The standard InChI is InChI=1S/C9H17N3OS/c1-4-9(5-2,13-6-3)7-11-8(10)14-12-7/h4-6H2,1-3H3,(H2,10,11,12). The van der Waals surface area contributed by atoms with Gasteiger partial charge < -0.3 is 10.5 Å². The quantitative estimate of drug-likeness (QED) is 0.817. The summed E-state index contributed by atoms with van der Waals surface area (Å²) in [7, 11) is 0. The van der Waals surface area contributed by atoms with E-state index in [1.807, 2.05) is 6.92 Å². The van der Waals surface area contributed by atoms with Crippen LogP contribution in [-0.4, -0.2) is 16.0 Å². The second-order valence-corrected chi connectivity index (χ2v) is 3.87. The maximum absolute atomic E-state index is 5.75. The second kappa shape index (κ2) is 4.70. The van der Waals surface area contributed by atoms with Gasteiger partial charge in [0.05, 0.1) is 0 Å². The lowest BCUT2D eigenvalue weighted by Gasteiger charge is -2.28. The zero-order valence-electron chi connectivity index (χ0n) is 8.91. The summed E-state index contributed by atoms with van der Waals surface area (Å²) in [5.41, 5.74) is 5.23. The summed E-state index contributed by atoms with van der Waals surface area (Å²) in [4.78, 5) is 4.20. The van der Waals surface area contributed by atoms with Gasteiger partial charge in [-0.3, -0.25) is 0 Å². The number of aromatic nitrogens is 2. The fraction of sp³-hybridized carbons (Fsp3) is 0.778. The SMILES string of the molecule is CCOC(CC)(CC)c1nsc(N)n1. The van der Waals surface area contributed by atoms with Crippen molar-refractivity contribution < 1.29 is 4.74 Å². The van der Waals surface area contributed by atoms with Gasteiger partial charge in [0, 0.05) is 18.1 Å². The Morgan fingerprint density at radius 2 is 2.00 bits per heavy atom. The molecule has 0 spiro atoms. The topological polar surface area (TPSA) is 61.0 Å². The summed E-state index contributed by atoms with van der Waals surface area (Å²) >= 11 is 1.22. The first kappa shape index (κ1) is 11.4. The normalized spacial score (nSPS) is 11.9. The Bertz CT molecular complexity index is 283. The number of hydrogen-bond acceptors (Lipinski definition) is 5. The molecule has 0 saturated heterocycles. The van der Waals surface area contributed by atoms with Gasteiger partial charge in [-0.15, -0.1) is 0 Å². The zero-order valence-corrected chi connectivity index (χ0v) is 9.73. The van der Waals surface area contributed by atoms with E-state index in [4.69, 9.17) is 10.5 Å². The number of anilines is 1. The molecule has 5 heteroatoms. The van der Waals surface area contributed by atoms with E-state index in [1.54, 1.807) is 0 Å². The molecule has 1 heterocycles. The van der Waals surface area contributed by atoms with Crippen molar-refractivity contribution in [1.29, 1.82) is 0 Å². The Morgan fingerprint density at radius 3 is 2.36 bits per heavy atom. The van der Waals surface area contributed by atoms with Gasteiger partial charge in [0.2, 0.25) is 0 Å². The molecule has 0 aliphatic carbocycles. The third kappa shape index (κ3) is 2.04. The van der Waals surface area contributed by atoms with Crippen LogP contribution < -0.4 is 5.73 Å². The van der Waals surface area contributed by atoms with Gasteiger partial charge in [-0.05, 0) is 19.8 Å². The lowest BCUT2D eigenvalue weighted by molar-refractivity contribution is -0.0562. The molecule has 0 fully saturated rings. The molecule has 1 aromatic rings. The van der Waals surface area contributed by atoms with Crippen molar-refractivity contribution in [2.24, 2.45) is 0 Å². The number of hydrogen-bond donors (Lipinski definition) is 1. The van der Waals surface area contributed by atoms with Crippen LogP contribution in [0.1, 0.15) is 39.4 Å². The molecule has 0 aromatic carbocycles. The Labute approximate surface area is 88.7 Å². The highest BCUT2D eigenvalue weighted by molar-refractivity contribution is 7.09. The van der Waals surface area contributed by atoms with E-state index in [-0.39, 0.29) is 5.60 Å². The van der Waals surface area contributed by atoms with Crippen molar-refractivity contribution >= 4 is 16.7 Å². The van der Waals surface area contributed by atoms with Crippen LogP contribution in [0, 0.1) is 0 Å². The third-order valence-electron chi connectivity index (χ3n) is 2.41. The Balaban J connectivity index is 2.97. The second-order valence-electron chi connectivity index (χ2n) is 3.09. The highest BCUT2D eigenvalue weighted by atomic mass is 32.1. The van der Waals surface area contributed by atoms with E-state index in [9.17, 15) is 0 Å². The maximum atomic E-state index is 5.75. The molecule has 2 N–H and O–H groups in total. The molecule has 0 aliphatic rings. The summed E-state index contributed by atoms with van der Waals surface area (Å²) in [5.74, 6) is 0.729. The molecule has 0 amide bonds. The van der Waals surface area contributed by atoms with E-state index in [0.29, 0.717) is 11.7 Å². The van der Waals surface area contributed by atoms with Crippen LogP contribution >= 0.6 is 11.5 Å². The zero-order chi connectivity index (χ0) is 10.6. The van der Waals surface area contributed by atoms with Crippen LogP contribution in [0.2, 0.25) is 0 Å². The minimum absolute atomic E-state index is 0.344. The van der Waals surface area contributed by atoms with Crippen LogP contribution in [0.15, 0.2) is 0 Å². The van der Waals surface area contributed by atoms with Crippen molar-refractivity contribution in [3.8, 4) is 0 Å². The van der Waals surface area contributed by atoms with Crippen molar-refractivity contribution in [3.63, 3.8) is 0 Å². The molecule has 0 aliphatic heterocycles. The Hall–Kier alpha value is -0.680. The number of nitrogens with zero attached hydrogens (tertiary/aromatic N) is 2. The summed E-state index contributed by atoms with van der Waals surface area (Å²) < 4.78 is 9.98. The largest absolute Gasteiger partial charge is 0.374 e. The smallest absolute Gasteiger partial charge is 0.200 e. The van der Waals surface area contributed by atoms with E-state index < -0.39 is 0 Å². The van der Waals surface area contributed by atoms with Gasteiger partial charge in [0.15, 0.2) is 11.0 Å². The fourth-order valence-corrected chi connectivity index (χ4v) is 2.05. The molecule has 0 bridgehead atoms. The Kier molecular flexibility index (Phi) is 3.83. The van der Waals surface area contributed by atoms with Crippen molar-refractivity contribution in [1.82, 2.24) is 9.36 Å². The molecule has 0 saturated carbocycles. The minimum atomic E-state index is -0.344. The van der Waals surface area contributed by atoms with E-state index in [2.05, 4.69) is 23.2 Å². The molecular weight excluding hydrogens is 198 g/mol. The molecule has 1 rings (SSSR count). The van der Waals surface area contributed by atoms with Crippen molar-refractivity contribution in [2.75, 3.05) is 12.3 Å². The van der Waals surface area contributed by atoms with Gasteiger partial charge in [0.25, 0.3) is 0 Å². The molecule has 4 nitrogen and oxygen atoms in total. The van der Waals surface area contributed by atoms with Crippen LogP contribution in [0.4, 0.5) is 5.13 Å². The van der Waals surface area contributed by atoms with Gasteiger partial charge >= 0.3 is 0 Å². The highest BCUT2D eigenvalue weighted by Gasteiger charge is 2.33. The average molecular weight is 215 g/mol. The number of nitrogens with two attached hydrogens (primary N) is 1. The summed E-state index contributed by atoms with van der Waals surface area (Å²) in [6.07, 6.45) is 1.74. The predicted octanol–water partition coefficient (Wildman–Crippen LogP) is 2.17. The molecule has 0 unspecified atom stereocenters. The average Bonchev–Trinajstić information content (AvgIpc) is 2.62. The van der Waals surface area contributed by atoms with Crippen molar-refractivity contribution in [2.45, 2.75) is 39.2 Å². The van der Waals surface area contributed by atoms with Gasteiger partial charge in [-0.25, -0.2) is 4.98 Å². The highest BCUT2D eigenvalue weighted by Crippen LogP contribution is 2.32. The first-order chi connectivity index (χ1) is 6.68. The molecule has 0 radical (unpaired) electrons. The molecule has 80 valence electrons. The van der Waals surface area contributed by atoms with Crippen LogP contribution in [0.3, 0.4) is 0 Å². The Morgan fingerprint density at radius 1 is 1.36 bits per heavy atom. The summed E-state index contributed by atoms with van der Waals surface area (Å²) in [6.45, 7) is 6.81. The molecule has 1 aromatic heterocycles. The van der Waals surface area contributed by atoms with Crippen LogP contribution in [0.25, 0.3) is 0 Å². The lowest BCUT2D eigenvalue weighted by atomic mass is 9.96. The number of nitrogen functional groups attached to an aromatic ring is 1. The third-order valence-corrected chi connectivity index (χ3v) is 2.95. The molecule has 14 heavy (non-hydrogen) atoms. The van der Waals surface area contributed by atoms with E-state index in [1.165, 1.54) is 11.5 Å². The van der Waals surface area contributed by atoms with Gasteiger partial charge in [-0.2, -0.15) is 4.37 Å². The van der Waals surface area contributed by atoms with Crippen LogP contribution in [0.5, 0.6) is 0 Å². The fourth-order valence-electron chi connectivity index (χ4n) is 1.53. The van der Waals surface area contributed by atoms with Crippen molar-refractivity contribution in [3.05, 3.63) is 5.82 Å². The predicted molar refractivity (Wildman–Crippen MR) is 58.2 cm³/mol. The first-order valence-corrected chi connectivity index (χ1v) is 5.69. The summed E-state index contributed by atoms with van der Waals surface area (Å²) in [5, 5.41) is 0.506. The van der Waals surface area contributed by atoms with Gasteiger partial charge in [0.1, 0.15) is 5.60 Å². The number of rotatable bonds is 5. The summed E-state index contributed by atoms with van der Waals surface area (Å²) in [6, 6.07) is 0. The maximum Gasteiger partial charge on any atom is 0.200 e. The molecular formula is C9H17N3OS. The van der Waals surface area contributed by atoms with E-state index in [0.717, 1.165) is 18.7 Å². The van der Waals surface area contributed by atoms with Crippen LogP contribution in [-0.2, 0) is 10.3 Å². The molecule has 0 atom stereocenters. The van der Waals surface area contributed by atoms with Gasteiger partial charge in [-0.1, -0.05) is 13.8 Å². The van der Waals surface area contributed by atoms with E-state index >= 15 is 0 Å². The number of ether oxygens (including phenoxy) is 1. The monoisotopic (exact) mass is 215 g/mol. The first-order valence-electron chi connectivity index (χ1n) is 4.92. The minimum Gasteiger partial charge on any atom is -0.374 e. The lowest BCUT2D eigenvalue weighted by Crippen LogP contribution is -2.29.